The van der Waals surface area contributed by atoms with Gasteiger partial charge in [-0.05, 0) is 11.6 Å². The Labute approximate surface area is 77.6 Å². The third-order valence-electron chi connectivity index (χ3n) is 1.48. The first-order chi connectivity index (χ1) is 6.43. The second-order valence-electron chi connectivity index (χ2n) is 2.46. The Hall–Kier alpha value is -1.61. The molecule has 0 bridgehead atoms. The Kier molecular flexibility index (Phi) is 4.35. The van der Waals surface area contributed by atoms with E-state index in [-0.39, 0.29) is 0 Å². The maximum atomic E-state index is 5.35. The quantitative estimate of drug-likeness (QED) is 0.691. The van der Waals surface area contributed by atoms with Crippen molar-refractivity contribution in [2.45, 2.75) is 6.54 Å². The van der Waals surface area contributed by atoms with Crippen LogP contribution in [0.4, 0.5) is 0 Å². The number of hydrogen-bond donors (Lipinski definition) is 2. The van der Waals surface area contributed by atoms with Gasteiger partial charge in [-0.2, -0.15) is 5.10 Å². The van der Waals surface area contributed by atoms with Gasteiger partial charge in [-0.1, -0.05) is 30.3 Å². The summed E-state index contributed by atoms with van der Waals surface area (Å²) in [6, 6.07) is 11.8. The molecule has 0 spiro atoms. The van der Waals surface area contributed by atoms with E-state index < -0.39 is 0 Å². The standard InChI is InChI=1S/C7H9N.C3H4N2/c8-6-7-4-2-1-3-5-7;1-2-4-5-3-1/h1-5H,6,8H2;1-3H,(H,4,5). The van der Waals surface area contributed by atoms with Crippen molar-refractivity contribution < 1.29 is 0 Å². The summed E-state index contributed by atoms with van der Waals surface area (Å²) in [6.07, 6.45) is 3.46. The second kappa shape index (κ2) is 5.97. The Morgan fingerprint density at radius 3 is 2.23 bits per heavy atom. The van der Waals surface area contributed by atoms with Crippen LogP contribution in [0.15, 0.2) is 48.8 Å². The highest BCUT2D eigenvalue weighted by molar-refractivity contribution is 5.13. The van der Waals surface area contributed by atoms with Gasteiger partial charge < -0.3 is 5.73 Å². The lowest BCUT2D eigenvalue weighted by Crippen LogP contribution is -1.94. The van der Waals surface area contributed by atoms with E-state index in [2.05, 4.69) is 10.2 Å². The minimum atomic E-state index is 0.640. The van der Waals surface area contributed by atoms with Gasteiger partial charge in [-0.25, -0.2) is 0 Å². The molecule has 2 aromatic rings. The molecule has 0 fully saturated rings. The van der Waals surface area contributed by atoms with Gasteiger partial charge in [0.15, 0.2) is 0 Å². The van der Waals surface area contributed by atoms with Crippen LogP contribution in [-0.4, -0.2) is 10.2 Å². The lowest BCUT2D eigenvalue weighted by atomic mass is 10.2. The molecule has 3 N–H and O–H groups in total. The molecular weight excluding hydrogens is 162 g/mol. The fourth-order valence-electron chi connectivity index (χ4n) is 0.829. The molecule has 1 heterocycles. The molecule has 1 aromatic heterocycles. The van der Waals surface area contributed by atoms with E-state index >= 15 is 0 Å². The van der Waals surface area contributed by atoms with Crippen LogP contribution < -0.4 is 5.73 Å². The molecule has 0 saturated carbocycles. The number of aromatic amines is 1. The van der Waals surface area contributed by atoms with E-state index in [0.29, 0.717) is 6.54 Å². The molecule has 0 aliphatic carbocycles. The number of aromatic nitrogens is 2. The molecule has 1 aromatic carbocycles. The van der Waals surface area contributed by atoms with E-state index in [9.17, 15) is 0 Å². The van der Waals surface area contributed by atoms with Crippen LogP contribution in [0, 0.1) is 0 Å². The minimum absolute atomic E-state index is 0.640. The van der Waals surface area contributed by atoms with Crippen LogP contribution in [0.25, 0.3) is 0 Å². The molecular formula is C10H13N3. The number of hydrogen-bond acceptors (Lipinski definition) is 2. The maximum absolute atomic E-state index is 5.35. The van der Waals surface area contributed by atoms with Gasteiger partial charge in [0.1, 0.15) is 0 Å². The summed E-state index contributed by atoms with van der Waals surface area (Å²) in [7, 11) is 0. The number of nitrogens with zero attached hydrogens (tertiary/aromatic N) is 1. The third kappa shape index (κ3) is 4.08. The van der Waals surface area contributed by atoms with Crippen molar-refractivity contribution in [3.05, 3.63) is 54.4 Å². The van der Waals surface area contributed by atoms with Crippen LogP contribution in [0.5, 0.6) is 0 Å². The first kappa shape index (κ1) is 9.48. The molecule has 0 saturated heterocycles. The molecule has 0 aliphatic heterocycles. The SMILES string of the molecule is NCc1ccccc1.c1cn[nH]c1. The van der Waals surface area contributed by atoms with E-state index in [4.69, 9.17) is 5.73 Å². The summed E-state index contributed by atoms with van der Waals surface area (Å²) < 4.78 is 0. The van der Waals surface area contributed by atoms with Gasteiger partial charge >= 0.3 is 0 Å². The summed E-state index contributed by atoms with van der Waals surface area (Å²) in [6.45, 7) is 0.640. The topological polar surface area (TPSA) is 54.7 Å². The molecule has 3 heteroatoms. The van der Waals surface area contributed by atoms with Crippen LogP contribution in [-0.2, 0) is 6.54 Å². The van der Waals surface area contributed by atoms with Gasteiger partial charge in [-0.15, -0.1) is 0 Å². The van der Waals surface area contributed by atoms with Gasteiger partial charge in [0, 0.05) is 18.9 Å². The van der Waals surface area contributed by atoms with Gasteiger partial charge in [0.2, 0.25) is 0 Å². The van der Waals surface area contributed by atoms with Gasteiger partial charge in [0.25, 0.3) is 0 Å². The predicted octanol–water partition coefficient (Wildman–Crippen LogP) is 1.55. The fraction of sp³-hybridized carbons (Fsp3) is 0.100. The monoisotopic (exact) mass is 175 g/mol. The van der Waals surface area contributed by atoms with E-state index in [1.165, 1.54) is 5.56 Å². The Morgan fingerprint density at radius 1 is 1.15 bits per heavy atom. The Bertz CT molecular complexity index is 272. The zero-order chi connectivity index (χ0) is 9.36. The highest BCUT2D eigenvalue weighted by atomic mass is 15.1. The molecule has 68 valence electrons. The van der Waals surface area contributed by atoms with Crippen LogP contribution in [0.1, 0.15) is 5.56 Å². The zero-order valence-electron chi connectivity index (χ0n) is 7.35. The van der Waals surface area contributed by atoms with Crippen molar-refractivity contribution in [2.75, 3.05) is 0 Å². The normalized spacial score (nSPS) is 8.69. The first-order valence-electron chi connectivity index (χ1n) is 4.11. The first-order valence-corrected chi connectivity index (χ1v) is 4.11. The van der Waals surface area contributed by atoms with Crippen molar-refractivity contribution in [3.63, 3.8) is 0 Å². The van der Waals surface area contributed by atoms with Crippen LogP contribution in [0.3, 0.4) is 0 Å². The number of rotatable bonds is 1. The molecule has 0 radical (unpaired) electrons. The van der Waals surface area contributed by atoms with Crippen molar-refractivity contribution in [1.82, 2.24) is 10.2 Å². The highest BCUT2D eigenvalue weighted by Crippen LogP contribution is 1.94. The molecule has 0 amide bonds. The van der Waals surface area contributed by atoms with Crippen LogP contribution in [0.2, 0.25) is 0 Å². The zero-order valence-corrected chi connectivity index (χ0v) is 7.35. The van der Waals surface area contributed by atoms with Gasteiger partial charge in [-0.3, -0.25) is 5.10 Å². The molecule has 0 aliphatic rings. The van der Waals surface area contributed by atoms with Gasteiger partial charge in [0.05, 0.1) is 0 Å². The van der Waals surface area contributed by atoms with Crippen molar-refractivity contribution in [1.29, 1.82) is 0 Å². The second-order valence-corrected chi connectivity index (χ2v) is 2.46. The summed E-state index contributed by atoms with van der Waals surface area (Å²) in [5.74, 6) is 0. The van der Waals surface area contributed by atoms with Crippen molar-refractivity contribution in [2.24, 2.45) is 5.73 Å². The minimum Gasteiger partial charge on any atom is -0.326 e. The average molecular weight is 175 g/mol. The fourth-order valence-corrected chi connectivity index (χ4v) is 0.829. The molecule has 13 heavy (non-hydrogen) atoms. The Morgan fingerprint density at radius 2 is 1.92 bits per heavy atom. The largest absolute Gasteiger partial charge is 0.326 e. The summed E-state index contributed by atoms with van der Waals surface area (Å²) in [5.41, 5.74) is 6.54. The van der Waals surface area contributed by atoms with Crippen molar-refractivity contribution >= 4 is 0 Å². The number of benzene rings is 1. The Balaban J connectivity index is 0.000000145. The van der Waals surface area contributed by atoms with Crippen molar-refractivity contribution in [3.8, 4) is 0 Å². The molecule has 2 rings (SSSR count). The van der Waals surface area contributed by atoms with E-state index in [1.54, 1.807) is 12.4 Å². The predicted molar refractivity (Wildman–Crippen MR) is 52.9 cm³/mol. The number of nitrogens with one attached hydrogen (secondary N) is 1. The summed E-state index contributed by atoms with van der Waals surface area (Å²) in [5, 5.41) is 6.21. The smallest absolute Gasteiger partial charge is 0.0487 e. The molecule has 0 atom stereocenters. The third-order valence-corrected chi connectivity index (χ3v) is 1.48. The van der Waals surface area contributed by atoms with E-state index in [1.807, 2.05) is 36.4 Å². The molecule has 3 nitrogen and oxygen atoms in total. The van der Waals surface area contributed by atoms with E-state index in [0.717, 1.165) is 0 Å². The number of H-pyrrole nitrogens is 1. The molecule has 0 unspecified atom stereocenters. The lowest BCUT2D eigenvalue weighted by Gasteiger charge is -1.90. The average Bonchev–Trinajstić information content (AvgIpc) is 2.77. The number of nitrogens with two attached hydrogens (primary N) is 1. The lowest BCUT2D eigenvalue weighted by molar-refractivity contribution is 1.07. The highest BCUT2D eigenvalue weighted by Gasteiger charge is 1.80. The maximum Gasteiger partial charge on any atom is 0.0487 e. The summed E-state index contributed by atoms with van der Waals surface area (Å²) in [4.78, 5) is 0. The summed E-state index contributed by atoms with van der Waals surface area (Å²) >= 11 is 0. The van der Waals surface area contributed by atoms with Crippen LogP contribution >= 0.6 is 0 Å².